The molecular formula is C21H24FN5O2. The van der Waals surface area contributed by atoms with Gasteiger partial charge in [0.2, 0.25) is 5.95 Å². The van der Waals surface area contributed by atoms with Gasteiger partial charge >= 0.3 is 0 Å². The van der Waals surface area contributed by atoms with Gasteiger partial charge in [0, 0.05) is 43.9 Å². The Kier molecular flexibility index (Phi) is 4.48. The Bertz CT molecular complexity index is 1030. The fourth-order valence-electron chi connectivity index (χ4n) is 4.21. The maximum absolute atomic E-state index is 14.2. The molecule has 1 atom stereocenters. The second-order valence-corrected chi connectivity index (χ2v) is 8.03. The molecular weight excluding hydrogens is 373 g/mol. The van der Waals surface area contributed by atoms with E-state index in [-0.39, 0.29) is 6.04 Å². The van der Waals surface area contributed by atoms with Crippen LogP contribution in [0.4, 0.5) is 10.3 Å². The third-order valence-corrected chi connectivity index (χ3v) is 5.99. The minimum absolute atomic E-state index is 0.248. The van der Waals surface area contributed by atoms with Crippen molar-refractivity contribution in [1.82, 2.24) is 19.5 Å². The molecule has 1 aromatic carbocycles. The summed E-state index contributed by atoms with van der Waals surface area (Å²) in [7, 11) is 0. The molecule has 1 saturated heterocycles. The first kappa shape index (κ1) is 18.4. The predicted octanol–water partition coefficient (Wildman–Crippen LogP) is 2.89. The number of anilines is 1. The summed E-state index contributed by atoms with van der Waals surface area (Å²) in [6.45, 7) is 3.95. The summed E-state index contributed by atoms with van der Waals surface area (Å²) in [6, 6.07) is 6.44. The third-order valence-electron chi connectivity index (χ3n) is 5.99. The first-order chi connectivity index (χ1) is 14.1. The largest absolute Gasteiger partial charge is 0.393 e. The van der Waals surface area contributed by atoms with Crippen LogP contribution in [0.3, 0.4) is 0 Å². The topological polar surface area (TPSA) is 76.3 Å². The van der Waals surface area contributed by atoms with Crippen molar-refractivity contribution in [3.05, 3.63) is 36.4 Å². The molecule has 2 aliphatic rings. The average Bonchev–Trinajstić information content (AvgIpc) is 3.13. The molecule has 0 spiro atoms. The van der Waals surface area contributed by atoms with Crippen molar-refractivity contribution in [1.29, 1.82) is 0 Å². The summed E-state index contributed by atoms with van der Waals surface area (Å²) in [5.74, 6) is 1.56. The van der Waals surface area contributed by atoms with Gasteiger partial charge in [-0.1, -0.05) is 6.07 Å². The molecule has 2 aliphatic heterocycles. The molecule has 0 unspecified atom stereocenters. The van der Waals surface area contributed by atoms with E-state index in [0.29, 0.717) is 45.1 Å². The molecule has 29 heavy (non-hydrogen) atoms. The highest BCUT2D eigenvalue weighted by atomic mass is 19.1. The van der Waals surface area contributed by atoms with Gasteiger partial charge in [-0.05, 0) is 24.6 Å². The summed E-state index contributed by atoms with van der Waals surface area (Å²) in [5, 5.41) is 9.18. The maximum Gasteiger partial charge on any atom is 0.225 e. The monoisotopic (exact) mass is 397 g/mol. The van der Waals surface area contributed by atoms with E-state index in [9.17, 15) is 9.50 Å². The Morgan fingerprint density at radius 3 is 2.69 bits per heavy atom. The number of piperidine rings is 1. The average molecular weight is 397 g/mol. The predicted molar refractivity (Wildman–Crippen MR) is 107 cm³/mol. The van der Waals surface area contributed by atoms with Crippen molar-refractivity contribution in [2.75, 3.05) is 31.2 Å². The molecule has 0 saturated carbocycles. The zero-order valence-corrected chi connectivity index (χ0v) is 16.4. The molecule has 7 nitrogen and oxygen atoms in total. The number of benzene rings is 1. The number of fused-ring (bicyclic) bond motifs is 3. The molecule has 5 rings (SSSR count). The van der Waals surface area contributed by atoms with Gasteiger partial charge in [-0.15, -0.1) is 0 Å². The van der Waals surface area contributed by atoms with Gasteiger partial charge in [0.1, 0.15) is 18.1 Å². The second-order valence-electron chi connectivity index (χ2n) is 8.03. The number of ether oxygens (including phenoxy) is 1. The highest BCUT2D eigenvalue weighted by Crippen LogP contribution is 2.31. The van der Waals surface area contributed by atoms with Crippen LogP contribution >= 0.6 is 0 Å². The van der Waals surface area contributed by atoms with Crippen molar-refractivity contribution >= 4 is 17.0 Å². The van der Waals surface area contributed by atoms with Gasteiger partial charge in [-0.2, -0.15) is 0 Å². The van der Waals surface area contributed by atoms with E-state index in [1.807, 2.05) is 29.4 Å². The lowest BCUT2D eigenvalue weighted by atomic mass is 9.94. The van der Waals surface area contributed by atoms with E-state index in [2.05, 4.69) is 32.5 Å². The number of hydrogen-bond acceptors (Lipinski definition) is 6. The van der Waals surface area contributed by atoms with Gasteiger partial charge < -0.3 is 19.3 Å². The van der Waals surface area contributed by atoms with Gasteiger partial charge in [0.05, 0.1) is 30.3 Å². The van der Waals surface area contributed by atoms with Crippen LogP contribution in [0.25, 0.3) is 22.2 Å². The lowest BCUT2D eigenvalue weighted by Gasteiger charge is -2.35. The van der Waals surface area contributed by atoms with E-state index in [0.717, 1.165) is 28.0 Å². The lowest BCUT2D eigenvalue weighted by molar-refractivity contribution is 0.0479. The quantitative estimate of drug-likeness (QED) is 0.732. The van der Waals surface area contributed by atoms with E-state index in [4.69, 9.17) is 4.74 Å². The first-order valence-corrected chi connectivity index (χ1v) is 10.0. The molecule has 4 heterocycles. The number of halogens is 1. The van der Waals surface area contributed by atoms with Gasteiger partial charge in [-0.3, -0.25) is 0 Å². The number of imidazole rings is 1. The molecule has 8 heteroatoms. The molecule has 1 N–H and O–H groups in total. The summed E-state index contributed by atoms with van der Waals surface area (Å²) < 4.78 is 22.0. The first-order valence-electron chi connectivity index (χ1n) is 10.0. The Labute approximate surface area is 168 Å². The SMILES string of the molecule is C[C@H]1COCc2nc3ccc(-c4cnc(N5CCC(F)(CO)CC5)nc4)cc3n21. The molecule has 152 valence electrons. The molecule has 0 bridgehead atoms. The van der Waals surface area contributed by atoms with Gasteiger partial charge in [0.25, 0.3) is 0 Å². The van der Waals surface area contributed by atoms with Crippen LogP contribution in [-0.4, -0.2) is 56.6 Å². The molecule has 3 aromatic rings. The van der Waals surface area contributed by atoms with Crippen LogP contribution in [-0.2, 0) is 11.3 Å². The van der Waals surface area contributed by atoms with E-state index < -0.39 is 12.3 Å². The van der Waals surface area contributed by atoms with Gasteiger partial charge in [-0.25, -0.2) is 19.3 Å². The van der Waals surface area contributed by atoms with Crippen LogP contribution in [0, 0.1) is 0 Å². The lowest BCUT2D eigenvalue weighted by Crippen LogP contribution is -2.44. The Morgan fingerprint density at radius 1 is 1.21 bits per heavy atom. The number of hydrogen-bond donors (Lipinski definition) is 1. The fourth-order valence-corrected chi connectivity index (χ4v) is 4.21. The van der Waals surface area contributed by atoms with Crippen LogP contribution in [0.15, 0.2) is 30.6 Å². The van der Waals surface area contributed by atoms with Crippen molar-refractivity contribution in [3.63, 3.8) is 0 Å². The van der Waals surface area contributed by atoms with Crippen molar-refractivity contribution < 1.29 is 14.2 Å². The summed E-state index contributed by atoms with van der Waals surface area (Å²) in [5.41, 5.74) is 2.55. The molecule has 2 aromatic heterocycles. The third kappa shape index (κ3) is 3.26. The standard InChI is InChI=1S/C21H24FN5O2/c1-14-11-29-12-19-25-17-3-2-15(8-18(17)27(14)19)16-9-23-20(24-10-16)26-6-4-21(22,13-28)5-7-26/h2-3,8-10,14,28H,4-7,11-13H2,1H3/t14-/m0/s1. The molecule has 0 radical (unpaired) electrons. The van der Waals surface area contributed by atoms with Crippen LogP contribution in [0.1, 0.15) is 31.6 Å². The van der Waals surface area contributed by atoms with Gasteiger partial charge in [0.15, 0.2) is 0 Å². The maximum atomic E-state index is 14.2. The van der Waals surface area contributed by atoms with Crippen molar-refractivity contribution in [3.8, 4) is 11.1 Å². The van der Waals surface area contributed by atoms with Crippen LogP contribution in [0.2, 0.25) is 0 Å². The summed E-state index contributed by atoms with van der Waals surface area (Å²) in [6.07, 6.45) is 4.21. The Morgan fingerprint density at radius 2 is 1.97 bits per heavy atom. The Balaban J connectivity index is 1.40. The number of alkyl halides is 1. The smallest absolute Gasteiger partial charge is 0.225 e. The fraction of sp³-hybridized carbons (Fsp3) is 0.476. The number of aliphatic hydroxyl groups excluding tert-OH is 1. The van der Waals surface area contributed by atoms with E-state index in [1.165, 1.54) is 0 Å². The summed E-state index contributed by atoms with van der Waals surface area (Å²) in [4.78, 5) is 15.7. The number of nitrogens with zero attached hydrogens (tertiary/aromatic N) is 5. The molecule has 0 aliphatic carbocycles. The summed E-state index contributed by atoms with van der Waals surface area (Å²) >= 11 is 0. The van der Waals surface area contributed by atoms with E-state index >= 15 is 0 Å². The van der Waals surface area contributed by atoms with Crippen molar-refractivity contribution in [2.24, 2.45) is 0 Å². The van der Waals surface area contributed by atoms with Crippen molar-refractivity contribution in [2.45, 2.75) is 38.1 Å². The second kappa shape index (κ2) is 7.03. The highest BCUT2D eigenvalue weighted by Gasteiger charge is 2.34. The zero-order valence-electron chi connectivity index (χ0n) is 16.4. The van der Waals surface area contributed by atoms with Crippen LogP contribution < -0.4 is 4.90 Å². The number of rotatable bonds is 3. The molecule has 0 amide bonds. The van der Waals surface area contributed by atoms with Crippen LogP contribution in [0.5, 0.6) is 0 Å². The van der Waals surface area contributed by atoms with E-state index in [1.54, 1.807) is 0 Å². The Hall–Kier alpha value is -2.58. The highest BCUT2D eigenvalue weighted by molar-refractivity contribution is 5.82. The molecule has 1 fully saturated rings. The normalized spacial score (nSPS) is 21.3. The zero-order chi connectivity index (χ0) is 20.0. The number of aromatic nitrogens is 4. The number of aliphatic hydroxyl groups is 1. The minimum Gasteiger partial charge on any atom is -0.393 e. The minimum atomic E-state index is -1.47.